The molecule has 0 radical (unpaired) electrons. The molecule has 1 heterocycles. The Hall–Kier alpha value is -1.57. The zero-order chi connectivity index (χ0) is 8.93. The Kier molecular flexibility index (Phi) is 2.41. The number of hydrogen-bond donors (Lipinski definition) is 0. The number of hydrogen-bond acceptors (Lipinski definition) is 2. The van der Waals surface area contributed by atoms with Gasteiger partial charge in [-0.15, -0.1) is 0 Å². The van der Waals surface area contributed by atoms with Crippen LogP contribution in [0.3, 0.4) is 0 Å². The molecule has 13 heavy (non-hydrogen) atoms. The molecule has 0 fully saturated rings. The van der Waals surface area contributed by atoms with Crippen LogP contribution in [-0.4, -0.2) is 12.3 Å². The maximum absolute atomic E-state index is 5.35. The Morgan fingerprint density at radius 3 is 2.77 bits per heavy atom. The van der Waals surface area contributed by atoms with Crippen LogP contribution in [0.4, 0.5) is 0 Å². The second-order valence-electron chi connectivity index (χ2n) is 2.95. The van der Waals surface area contributed by atoms with Gasteiger partial charge in [0, 0.05) is 12.6 Å². The van der Waals surface area contributed by atoms with Crippen molar-refractivity contribution in [2.75, 3.05) is 0 Å². The molecule has 1 aliphatic rings. The third-order valence-electron chi connectivity index (χ3n) is 1.93. The van der Waals surface area contributed by atoms with Crippen LogP contribution in [0.25, 0.3) is 0 Å². The van der Waals surface area contributed by atoms with Gasteiger partial charge in [-0.1, -0.05) is 30.3 Å². The molecule has 1 aromatic carbocycles. The fourth-order valence-corrected chi connectivity index (χ4v) is 1.30. The molecule has 0 spiro atoms. The zero-order valence-electron chi connectivity index (χ0n) is 7.26. The van der Waals surface area contributed by atoms with E-state index in [0.717, 1.165) is 6.42 Å². The second kappa shape index (κ2) is 3.90. The van der Waals surface area contributed by atoms with Gasteiger partial charge >= 0.3 is 0 Å². The molecule has 0 bridgehead atoms. The van der Waals surface area contributed by atoms with Crippen LogP contribution in [-0.2, 0) is 11.2 Å². The predicted molar refractivity (Wildman–Crippen MR) is 52.7 cm³/mol. The van der Waals surface area contributed by atoms with Crippen LogP contribution in [0, 0.1) is 0 Å². The first-order valence-electron chi connectivity index (χ1n) is 4.33. The van der Waals surface area contributed by atoms with Crippen molar-refractivity contribution < 1.29 is 4.74 Å². The van der Waals surface area contributed by atoms with Crippen LogP contribution >= 0.6 is 0 Å². The summed E-state index contributed by atoms with van der Waals surface area (Å²) in [5.41, 5.74) is 1.27. The number of aliphatic imine (C=N–C) groups is 1. The van der Waals surface area contributed by atoms with Crippen molar-refractivity contribution in [2.45, 2.75) is 12.5 Å². The molecule has 2 rings (SSSR count). The maximum atomic E-state index is 5.35. The Labute approximate surface area is 77.6 Å². The lowest BCUT2D eigenvalue weighted by atomic mass is 10.1. The van der Waals surface area contributed by atoms with Crippen molar-refractivity contribution in [1.82, 2.24) is 0 Å². The molecule has 0 aliphatic carbocycles. The lowest BCUT2D eigenvalue weighted by molar-refractivity contribution is 0.203. The summed E-state index contributed by atoms with van der Waals surface area (Å²) in [7, 11) is 0. The molecular formula is C11H11NO. The minimum Gasteiger partial charge on any atom is -0.490 e. The quantitative estimate of drug-likeness (QED) is 0.671. The molecule has 0 saturated heterocycles. The SMILES string of the molecule is C1=COC(Cc2ccccc2)C=N1. The smallest absolute Gasteiger partial charge is 0.137 e. The van der Waals surface area contributed by atoms with Crippen LogP contribution in [0.2, 0.25) is 0 Å². The summed E-state index contributed by atoms with van der Waals surface area (Å²) >= 11 is 0. The van der Waals surface area contributed by atoms with E-state index in [9.17, 15) is 0 Å². The van der Waals surface area contributed by atoms with E-state index in [1.54, 1.807) is 12.5 Å². The highest BCUT2D eigenvalue weighted by Crippen LogP contribution is 2.07. The average Bonchev–Trinajstić information content (AvgIpc) is 2.21. The first-order chi connectivity index (χ1) is 6.45. The van der Waals surface area contributed by atoms with Gasteiger partial charge in [-0.3, -0.25) is 4.99 Å². The van der Waals surface area contributed by atoms with Gasteiger partial charge in [-0.2, -0.15) is 0 Å². The van der Waals surface area contributed by atoms with E-state index in [1.165, 1.54) is 5.56 Å². The molecule has 0 aromatic heterocycles. The van der Waals surface area contributed by atoms with Crippen LogP contribution in [0.5, 0.6) is 0 Å². The molecule has 1 atom stereocenters. The van der Waals surface area contributed by atoms with Gasteiger partial charge in [0.2, 0.25) is 0 Å². The molecule has 0 N–H and O–H groups in total. The molecule has 0 amide bonds. The summed E-state index contributed by atoms with van der Waals surface area (Å²) in [6.07, 6.45) is 6.09. The Morgan fingerprint density at radius 1 is 1.23 bits per heavy atom. The van der Waals surface area contributed by atoms with E-state index < -0.39 is 0 Å². The Morgan fingerprint density at radius 2 is 2.08 bits per heavy atom. The average molecular weight is 173 g/mol. The fraction of sp³-hybridized carbons (Fsp3) is 0.182. The van der Waals surface area contributed by atoms with E-state index in [1.807, 2.05) is 24.4 Å². The molecule has 0 saturated carbocycles. The zero-order valence-corrected chi connectivity index (χ0v) is 7.26. The van der Waals surface area contributed by atoms with E-state index in [0.29, 0.717) is 0 Å². The Balaban J connectivity index is 1.99. The van der Waals surface area contributed by atoms with E-state index >= 15 is 0 Å². The molecular weight excluding hydrogens is 162 g/mol. The number of rotatable bonds is 2. The fourth-order valence-electron chi connectivity index (χ4n) is 1.30. The summed E-state index contributed by atoms with van der Waals surface area (Å²) in [5, 5.41) is 0. The summed E-state index contributed by atoms with van der Waals surface area (Å²) < 4.78 is 5.35. The van der Waals surface area contributed by atoms with Gasteiger partial charge in [0.05, 0.1) is 6.20 Å². The predicted octanol–water partition coefficient (Wildman–Crippen LogP) is 2.17. The highest BCUT2D eigenvalue weighted by molar-refractivity contribution is 5.65. The third kappa shape index (κ3) is 2.18. The molecule has 66 valence electrons. The Bertz CT molecular complexity index is 316. The summed E-state index contributed by atoms with van der Waals surface area (Å²) in [4.78, 5) is 4.02. The van der Waals surface area contributed by atoms with E-state index in [-0.39, 0.29) is 6.10 Å². The van der Waals surface area contributed by atoms with Crippen molar-refractivity contribution in [3.05, 3.63) is 48.4 Å². The number of ether oxygens (including phenoxy) is 1. The number of benzene rings is 1. The van der Waals surface area contributed by atoms with Crippen molar-refractivity contribution in [3.8, 4) is 0 Å². The van der Waals surface area contributed by atoms with Gasteiger partial charge in [0.15, 0.2) is 0 Å². The van der Waals surface area contributed by atoms with E-state index in [2.05, 4.69) is 17.1 Å². The van der Waals surface area contributed by atoms with Crippen LogP contribution in [0.1, 0.15) is 5.56 Å². The first kappa shape index (κ1) is 8.05. The minimum atomic E-state index is 0.0902. The van der Waals surface area contributed by atoms with Crippen LogP contribution in [0.15, 0.2) is 47.8 Å². The second-order valence-corrected chi connectivity index (χ2v) is 2.95. The van der Waals surface area contributed by atoms with Crippen LogP contribution < -0.4 is 0 Å². The highest BCUT2D eigenvalue weighted by atomic mass is 16.5. The van der Waals surface area contributed by atoms with Gasteiger partial charge < -0.3 is 4.74 Å². The molecule has 1 aliphatic heterocycles. The lowest BCUT2D eigenvalue weighted by Crippen LogP contribution is -2.16. The summed E-state index contributed by atoms with van der Waals surface area (Å²) in [5.74, 6) is 0. The van der Waals surface area contributed by atoms with E-state index in [4.69, 9.17) is 4.74 Å². The molecule has 1 unspecified atom stereocenters. The van der Waals surface area contributed by atoms with Crippen molar-refractivity contribution >= 4 is 6.21 Å². The summed E-state index contributed by atoms with van der Waals surface area (Å²) in [6.45, 7) is 0. The maximum Gasteiger partial charge on any atom is 0.137 e. The standard InChI is InChI=1S/C11H11NO/c1-2-4-10(5-3-1)8-11-9-12-6-7-13-11/h1-7,9,11H,8H2. The number of nitrogens with zero attached hydrogens (tertiary/aromatic N) is 1. The van der Waals surface area contributed by atoms with Crippen molar-refractivity contribution in [3.63, 3.8) is 0 Å². The third-order valence-corrected chi connectivity index (χ3v) is 1.93. The molecule has 1 aromatic rings. The summed E-state index contributed by atoms with van der Waals surface area (Å²) in [6, 6.07) is 10.3. The topological polar surface area (TPSA) is 21.6 Å². The first-order valence-corrected chi connectivity index (χ1v) is 4.33. The highest BCUT2D eigenvalue weighted by Gasteiger charge is 2.07. The molecule has 2 nitrogen and oxygen atoms in total. The van der Waals surface area contributed by atoms with Crippen molar-refractivity contribution in [2.24, 2.45) is 4.99 Å². The van der Waals surface area contributed by atoms with Gasteiger partial charge in [-0.25, -0.2) is 0 Å². The normalized spacial score (nSPS) is 19.8. The van der Waals surface area contributed by atoms with Crippen molar-refractivity contribution in [1.29, 1.82) is 0 Å². The lowest BCUT2D eigenvalue weighted by Gasteiger charge is -2.13. The monoisotopic (exact) mass is 173 g/mol. The van der Waals surface area contributed by atoms with Gasteiger partial charge in [-0.05, 0) is 5.56 Å². The minimum absolute atomic E-state index is 0.0902. The largest absolute Gasteiger partial charge is 0.490 e. The molecule has 2 heteroatoms. The van der Waals surface area contributed by atoms with Gasteiger partial charge in [0.25, 0.3) is 0 Å². The van der Waals surface area contributed by atoms with Gasteiger partial charge in [0.1, 0.15) is 12.4 Å².